The van der Waals surface area contributed by atoms with Crippen LogP contribution in [0.1, 0.15) is 58.9 Å². The molecule has 15 heteroatoms. The van der Waals surface area contributed by atoms with Crippen LogP contribution in [0, 0.1) is 11.3 Å². The molecule has 1 atom stereocenters. The summed E-state index contributed by atoms with van der Waals surface area (Å²) in [6, 6.07) is 3.52. The van der Waals surface area contributed by atoms with E-state index in [4.69, 9.17) is 20.4 Å². The maximum atomic E-state index is 13.6. The molecule has 5 N–H and O–H groups in total. The molecule has 0 spiro atoms. The summed E-state index contributed by atoms with van der Waals surface area (Å²) < 4.78 is 60.3. The summed E-state index contributed by atoms with van der Waals surface area (Å²) in [5.74, 6) is -2.36. The van der Waals surface area contributed by atoms with Crippen molar-refractivity contribution in [3.63, 3.8) is 0 Å². The number of para-hydroxylation sites is 1. The van der Waals surface area contributed by atoms with Gasteiger partial charge in [0, 0.05) is 33.5 Å². The van der Waals surface area contributed by atoms with Gasteiger partial charge in [-0.25, -0.2) is 16.8 Å². The number of nitrogens with one attached hydrogen (secondary N) is 2. The van der Waals surface area contributed by atoms with E-state index >= 15 is 0 Å². The van der Waals surface area contributed by atoms with E-state index in [0.717, 1.165) is 12.5 Å². The highest BCUT2D eigenvalue weighted by Crippen LogP contribution is 2.36. The molecule has 0 aliphatic carbocycles. The Morgan fingerprint density at radius 1 is 1.16 bits per heavy atom. The fraction of sp³-hybridized carbons (Fsp3) is 0.679. The van der Waals surface area contributed by atoms with E-state index in [9.17, 15) is 26.4 Å². The quantitative estimate of drug-likeness (QED) is 0.239. The summed E-state index contributed by atoms with van der Waals surface area (Å²) in [6.45, 7) is 8.39. The van der Waals surface area contributed by atoms with Gasteiger partial charge < -0.3 is 25.8 Å². The number of nitrogens with two attached hydrogens (primary N) is 1. The number of anilines is 1. The summed E-state index contributed by atoms with van der Waals surface area (Å²) in [5.41, 5.74) is 6.76. The highest BCUT2D eigenvalue weighted by molar-refractivity contribution is 7.91. The monoisotopic (exact) mass is 646 g/mol. The number of nitrogens with zero attached hydrogens (tertiary/aromatic N) is 1. The topological polar surface area (TPSA) is 202 Å². The van der Waals surface area contributed by atoms with Gasteiger partial charge in [0.2, 0.25) is 15.9 Å². The summed E-state index contributed by atoms with van der Waals surface area (Å²) in [4.78, 5) is 35.1. The smallest absolute Gasteiger partial charge is 0.302 e. The van der Waals surface area contributed by atoms with Gasteiger partial charge in [0.1, 0.15) is 10.9 Å². The van der Waals surface area contributed by atoms with Gasteiger partial charge in [-0.3, -0.25) is 14.4 Å². The van der Waals surface area contributed by atoms with E-state index in [1.54, 1.807) is 6.07 Å². The molecule has 3 rings (SSSR count). The van der Waals surface area contributed by atoms with Crippen LogP contribution in [-0.2, 0) is 45.4 Å². The zero-order chi connectivity index (χ0) is 32.4. The predicted molar refractivity (Wildman–Crippen MR) is 163 cm³/mol. The molecule has 1 saturated heterocycles. The number of carbonyl (C=O) groups is 3. The molecule has 0 radical (unpaired) electrons. The molecule has 1 unspecified atom stereocenters. The molecule has 1 fully saturated rings. The standard InChI is InChI=1S/C26H42N4O7S2.C2H4O2/c1-19(31)37-14-10-20-8-12-30(13-9-20)25(32)22(17-38(33,34)15-5-11-27)29-39(35,36)23-7-4-6-21-16-26(2,3)18-28-24(21)23;1-2(3)4/h4,6-7,20,22,28-29H,5,8-18,27H2,1-3H3;1H3,(H,3,4). The van der Waals surface area contributed by atoms with E-state index in [1.807, 2.05) is 6.07 Å². The first-order valence-corrected chi connectivity index (χ1v) is 17.7. The Balaban J connectivity index is 0.00000151. The van der Waals surface area contributed by atoms with Crippen LogP contribution in [0.25, 0.3) is 0 Å². The van der Waals surface area contributed by atoms with Crippen LogP contribution >= 0.6 is 0 Å². The molecule has 13 nitrogen and oxygen atoms in total. The predicted octanol–water partition coefficient (Wildman–Crippen LogP) is 1.37. The average molecular weight is 647 g/mol. The average Bonchev–Trinajstić information content (AvgIpc) is 2.90. The number of sulfone groups is 1. The number of carboxylic acid groups (broad SMARTS) is 1. The second-order valence-corrected chi connectivity index (χ2v) is 15.7. The van der Waals surface area contributed by atoms with Crippen LogP contribution in [0.2, 0.25) is 0 Å². The Bertz CT molecular complexity index is 1340. The molecule has 2 aliphatic heterocycles. The number of fused-ring (bicyclic) bond motifs is 1. The number of hydrogen-bond donors (Lipinski definition) is 4. The molecule has 43 heavy (non-hydrogen) atoms. The first-order chi connectivity index (χ1) is 20.0. The van der Waals surface area contributed by atoms with Crippen LogP contribution in [0.4, 0.5) is 5.69 Å². The van der Waals surface area contributed by atoms with Crippen molar-refractivity contribution in [2.24, 2.45) is 17.1 Å². The SMILES string of the molecule is CC(=O)O.CC(=O)OCCC1CCN(C(=O)C(CS(=O)(=O)CCCN)NS(=O)(=O)c2cccc3c2NCC(C)(C)C3)CC1. The zero-order valence-corrected chi connectivity index (χ0v) is 27.1. The normalized spacial score (nSPS) is 17.5. The summed E-state index contributed by atoms with van der Waals surface area (Å²) in [6.07, 6.45) is 2.88. The van der Waals surface area contributed by atoms with Crippen LogP contribution in [-0.4, -0.2) is 95.0 Å². The van der Waals surface area contributed by atoms with Gasteiger partial charge in [0.15, 0.2) is 9.84 Å². The van der Waals surface area contributed by atoms with E-state index < -0.39 is 43.5 Å². The van der Waals surface area contributed by atoms with Gasteiger partial charge in [0.25, 0.3) is 5.97 Å². The zero-order valence-electron chi connectivity index (χ0n) is 25.4. The van der Waals surface area contributed by atoms with E-state index in [0.29, 0.717) is 57.6 Å². The third-order valence-corrected chi connectivity index (χ3v) is 10.5. The number of sulfonamides is 1. The number of carbonyl (C=O) groups excluding carboxylic acids is 2. The number of carboxylic acids is 1. The minimum Gasteiger partial charge on any atom is -0.481 e. The molecule has 2 aliphatic rings. The van der Waals surface area contributed by atoms with Crippen molar-refractivity contribution in [2.45, 2.75) is 70.7 Å². The van der Waals surface area contributed by atoms with E-state index in [-0.39, 0.29) is 40.9 Å². The number of benzene rings is 1. The lowest BCUT2D eigenvalue weighted by Gasteiger charge is -2.35. The highest BCUT2D eigenvalue weighted by Gasteiger charge is 2.36. The molecule has 0 bridgehead atoms. The lowest BCUT2D eigenvalue weighted by Crippen LogP contribution is -2.53. The number of likely N-dealkylation sites (tertiary alicyclic amines) is 1. The van der Waals surface area contributed by atoms with Gasteiger partial charge in [-0.05, 0) is 61.6 Å². The van der Waals surface area contributed by atoms with Crippen molar-refractivity contribution >= 4 is 43.4 Å². The number of piperidine rings is 1. The fourth-order valence-electron chi connectivity index (χ4n) is 5.13. The molecule has 2 heterocycles. The lowest BCUT2D eigenvalue weighted by molar-refractivity contribution is -0.141. The van der Waals surface area contributed by atoms with Crippen LogP contribution in [0.5, 0.6) is 0 Å². The summed E-state index contributed by atoms with van der Waals surface area (Å²) in [7, 11) is -8.01. The second-order valence-electron chi connectivity index (χ2n) is 11.8. The van der Waals surface area contributed by atoms with Crippen LogP contribution < -0.4 is 15.8 Å². The van der Waals surface area contributed by atoms with Gasteiger partial charge >= 0.3 is 5.97 Å². The van der Waals surface area contributed by atoms with Crippen molar-refractivity contribution < 1.29 is 41.1 Å². The maximum absolute atomic E-state index is 13.6. The van der Waals surface area contributed by atoms with Crippen molar-refractivity contribution in [3.05, 3.63) is 23.8 Å². The third kappa shape index (κ3) is 12.0. The van der Waals surface area contributed by atoms with Crippen molar-refractivity contribution in [3.8, 4) is 0 Å². The van der Waals surface area contributed by atoms with Crippen LogP contribution in [0.3, 0.4) is 0 Å². The minimum absolute atomic E-state index is 0.00293. The minimum atomic E-state index is -4.24. The molecule has 1 aromatic carbocycles. The Kier molecular flexibility index (Phi) is 13.4. The molecular weight excluding hydrogens is 600 g/mol. The molecule has 244 valence electrons. The highest BCUT2D eigenvalue weighted by atomic mass is 32.2. The van der Waals surface area contributed by atoms with Gasteiger partial charge in [-0.15, -0.1) is 0 Å². The summed E-state index contributed by atoms with van der Waals surface area (Å²) in [5, 5.41) is 10.6. The maximum Gasteiger partial charge on any atom is 0.302 e. The molecule has 0 saturated carbocycles. The fourth-order valence-corrected chi connectivity index (χ4v) is 8.16. The largest absolute Gasteiger partial charge is 0.481 e. The first-order valence-electron chi connectivity index (χ1n) is 14.4. The molecule has 1 amide bonds. The first kappa shape index (κ1) is 36.4. The molecule has 1 aromatic rings. The number of amides is 1. The lowest BCUT2D eigenvalue weighted by atomic mass is 9.82. The van der Waals surface area contributed by atoms with Gasteiger partial charge in [-0.1, -0.05) is 26.0 Å². The van der Waals surface area contributed by atoms with Crippen molar-refractivity contribution in [2.75, 3.05) is 49.6 Å². The van der Waals surface area contributed by atoms with Crippen LogP contribution in [0.15, 0.2) is 23.1 Å². The Morgan fingerprint density at radius 2 is 1.79 bits per heavy atom. The Morgan fingerprint density at radius 3 is 2.37 bits per heavy atom. The number of hydrogen-bond acceptors (Lipinski definition) is 10. The van der Waals surface area contributed by atoms with E-state index in [1.165, 1.54) is 17.9 Å². The number of ether oxygens (including phenoxy) is 1. The molecule has 0 aromatic heterocycles. The Hall–Kier alpha value is -2.75. The number of aliphatic carboxylic acids is 1. The van der Waals surface area contributed by atoms with Gasteiger partial charge in [0.05, 0.1) is 23.8 Å². The molecular formula is C28H46N4O9S2. The third-order valence-electron chi connectivity index (χ3n) is 7.25. The van der Waals surface area contributed by atoms with E-state index in [2.05, 4.69) is 23.9 Å². The summed E-state index contributed by atoms with van der Waals surface area (Å²) >= 11 is 0. The number of esters is 1. The van der Waals surface area contributed by atoms with Gasteiger partial charge in [-0.2, -0.15) is 4.72 Å². The van der Waals surface area contributed by atoms with Crippen molar-refractivity contribution in [1.82, 2.24) is 9.62 Å². The second kappa shape index (κ2) is 15.8. The number of rotatable bonds is 12. The van der Waals surface area contributed by atoms with Crippen molar-refractivity contribution in [1.29, 1.82) is 0 Å². The Labute approximate surface area is 254 Å².